The number of hydrogen-bond acceptors (Lipinski definition) is 4. The number of halogens is 3. The maximum atomic E-state index is 12.2. The number of para-hydroxylation sites is 1. The highest BCUT2D eigenvalue weighted by molar-refractivity contribution is 5.95. The van der Waals surface area contributed by atoms with E-state index in [4.69, 9.17) is 0 Å². The predicted octanol–water partition coefficient (Wildman–Crippen LogP) is 1.85. The van der Waals surface area contributed by atoms with Crippen molar-refractivity contribution in [2.75, 3.05) is 11.9 Å². The third-order valence-corrected chi connectivity index (χ3v) is 4.26. The fourth-order valence-corrected chi connectivity index (χ4v) is 2.89. The maximum Gasteiger partial charge on any atom is 0.490 e. The molecule has 2 aliphatic rings. The van der Waals surface area contributed by atoms with Gasteiger partial charge in [0.2, 0.25) is 5.91 Å². The summed E-state index contributed by atoms with van der Waals surface area (Å²) in [5.41, 5.74) is 0.0932. The van der Waals surface area contributed by atoms with Crippen LogP contribution in [0.1, 0.15) is 12.8 Å². The summed E-state index contributed by atoms with van der Waals surface area (Å²) in [5.74, 6) is -2.42. The van der Waals surface area contributed by atoms with Crippen molar-refractivity contribution >= 4 is 17.6 Å². The summed E-state index contributed by atoms with van der Waals surface area (Å²) in [5, 5.41) is 5.73. The molecule has 3 atom stereocenters. The van der Waals surface area contributed by atoms with Crippen molar-refractivity contribution in [3.05, 3.63) is 30.3 Å². The first-order chi connectivity index (χ1) is 10.8. The van der Waals surface area contributed by atoms with Crippen LogP contribution >= 0.6 is 0 Å². The summed E-state index contributed by atoms with van der Waals surface area (Å²) in [6.45, 7) is 0.357. The molecule has 0 bridgehead atoms. The number of anilines is 1. The highest BCUT2D eigenvalue weighted by Crippen LogP contribution is 2.54. The number of alkyl halides is 3. The van der Waals surface area contributed by atoms with Crippen LogP contribution in [0.2, 0.25) is 0 Å². The molecule has 1 aliphatic carbocycles. The average molecular weight is 328 g/mol. The summed E-state index contributed by atoms with van der Waals surface area (Å²) in [6.07, 6.45) is -5.07. The minimum atomic E-state index is -4.99. The molecule has 124 valence electrons. The third kappa shape index (κ3) is 3.31. The quantitative estimate of drug-likeness (QED) is 0.831. The molecule has 5 nitrogen and oxygen atoms in total. The number of benzene rings is 1. The van der Waals surface area contributed by atoms with Gasteiger partial charge in [0.15, 0.2) is 0 Å². The van der Waals surface area contributed by atoms with Crippen LogP contribution in [0.5, 0.6) is 0 Å². The minimum absolute atomic E-state index is 0.249. The van der Waals surface area contributed by atoms with Gasteiger partial charge in [-0.1, -0.05) is 18.2 Å². The largest absolute Gasteiger partial charge is 0.490 e. The van der Waals surface area contributed by atoms with Crippen molar-refractivity contribution < 1.29 is 27.5 Å². The van der Waals surface area contributed by atoms with Crippen LogP contribution < -0.4 is 10.6 Å². The molecule has 0 aromatic heterocycles. The van der Waals surface area contributed by atoms with E-state index in [2.05, 4.69) is 15.4 Å². The highest BCUT2D eigenvalue weighted by atomic mass is 19.4. The van der Waals surface area contributed by atoms with Crippen LogP contribution in [-0.4, -0.2) is 36.7 Å². The lowest BCUT2D eigenvalue weighted by molar-refractivity contribution is -0.202. The maximum absolute atomic E-state index is 12.2. The first-order valence-electron chi connectivity index (χ1n) is 7.17. The molecule has 2 fully saturated rings. The Bertz CT molecular complexity index is 620. The van der Waals surface area contributed by atoms with Gasteiger partial charge in [0, 0.05) is 17.6 Å². The zero-order valence-electron chi connectivity index (χ0n) is 12.0. The molecule has 3 rings (SSSR count). The summed E-state index contributed by atoms with van der Waals surface area (Å²) >= 11 is 0. The monoisotopic (exact) mass is 328 g/mol. The first kappa shape index (κ1) is 15.8. The number of nitrogens with one attached hydrogen (secondary N) is 2. The normalized spacial score (nSPS) is 29.3. The number of esters is 1. The highest BCUT2D eigenvalue weighted by Gasteiger charge is 2.62. The summed E-state index contributed by atoms with van der Waals surface area (Å²) in [7, 11) is 0. The molecule has 3 unspecified atom stereocenters. The standard InChI is InChI=1S/C15H15F3N2O3/c16-15(17,18)13(22)23-11-7-14(11)6-10(19-8-14)12(21)20-9-4-2-1-3-5-9/h1-5,10-11,19H,6-8H2,(H,20,21). The molecule has 1 heterocycles. The molecule has 1 aliphatic heterocycles. The van der Waals surface area contributed by atoms with E-state index >= 15 is 0 Å². The lowest BCUT2D eigenvalue weighted by Gasteiger charge is -2.12. The number of rotatable bonds is 3. The van der Waals surface area contributed by atoms with Crippen molar-refractivity contribution in [3.8, 4) is 0 Å². The zero-order chi connectivity index (χ0) is 16.7. The number of amides is 1. The van der Waals surface area contributed by atoms with E-state index in [9.17, 15) is 22.8 Å². The smallest absolute Gasteiger partial charge is 0.455 e. The van der Waals surface area contributed by atoms with Gasteiger partial charge < -0.3 is 15.4 Å². The molecular formula is C15H15F3N2O3. The second kappa shape index (κ2) is 5.52. The first-order valence-corrected chi connectivity index (χ1v) is 7.17. The predicted molar refractivity (Wildman–Crippen MR) is 74.5 cm³/mol. The fourth-order valence-electron chi connectivity index (χ4n) is 2.89. The van der Waals surface area contributed by atoms with Gasteiger partial charge in [-0.05, 0) is 25.0 Å². The lowest BCUT2D eigenvalue weighted by Crippen LogP contribution is -2.35. The number of hydrogen-bond donors (Lipinski definition) is 2. The third-order valence-electron chi connectivity index (χ3n) is 4.26. The Hall–Kier alpha value is -2.09. The second-order valence-electron chi connectivity index (χ2n) is 5.95. The van der Waals surface area contributed by atoms with Gasteiger partial charge in [-0.15, -0.1) is 0 Å². The van der Waals surface area contributed by atoms with Crippen LogP contribution in [-0.2, 0) is 14.3 Å². The van der Waals surface area contributed by atoms with E-state index in [0.29, 0.717) is 25.1 Å². The van der Waals surface area contributed by atoms with Gasteiger partial charge in [-0.2, -0.15) is 13.2 Å². The summed E-state index contributed by atoms with van der Waals surface area (Å²) in [6, 6.07) is 8.37. The zero-order valence-corrected chi connectivity index (χ0v) is 12.0. The number of carbonyl (C=O) groups is 2. The van der Waals surface area contributed by atoms with E-state index in [1.165, 1.54) is 0 Å². The van der Waals surface area contributed by atoms with Gasteiger partial charge in [0.25, 0.3) is 0 Å². The molecule has 1 amide bonds. The Labute approximate surface area is 130 Å². The van der Waals surface area contributed by atoms with Crippen molar-refractivity contribution in [1.82, 2.24) is 5.32 Å². The molecule has 1 saturated carbocycles. The SMILES string of the molecule is O=C(Nc1ccccc1)C1CC2(CN1)CC2OC(=O)C(F)(F)F. The molecule has 1 spiro atoms. The minimum Gasteiger partial charge on any atom is -0.455 e. The van der Waals surface area contributed by atoms with Gasteiger partial charge >= 0.3 is 12.1 Å². The van der Waals surface area contributed by atoms with E-state index in [0.717, 1.165) is 0 Å². The van der Waals surface area contributed by atoms with E-state index in [-0.39, 0.29) is 5.91 Å². The molecule has 8 heteroatoms. The molecule has 1 saturated heterocycles. The van der Waals surface area contributed by atoms with Crippen LogP contribution in [0.4, 0.5) is 18.9 Å². The van der Waals surface area contributed by atoms with Crippen molar-refractivity contribution in [3.63, 3.8) is 0 Å². The van der Waals surface area contributed by atoms with E-state index in [1.54, 1.807) is 24.3 Å². The van der Waals surface area contributed by atoms with E-state index < -0.39 is 29.7 Å². The van der Waals surface area contributed by atoms with Gasteiger partial charge in [-0.25, -0.2) is 4.79 Å². The van der Waals surface area contributed by atoms with Crippen molar-refractivity contribution in [1.29, 1.82) is 0 Å². The Morgan fingerprint density at radius 1 is 1.22 bits per heavy atom. The van der Waals surface area contributed by atoms with Gasteiger partial charge in [0.05, 0.1) is 6.04 Å². The van der Waals surface area contributed by atoms with Crippen molar-refractivity contribution in [2.24, 2.45) is 5.41 Å². The van der Waals surface area contributed by atoms with Crippen LogP contribution in [0.25, 0.3) is 0 Å². The molecule has 0 radical (unpaired) electrons. The van der Waals surface area contributed by atoms with Crippen molar-refractivity contribution in [2.45, 2.75) is 31.2 Å². The fraction of sp³-hybridized carbons (Fsp3) is 0.467. The molecule has 1 aromatic rings. The topological polar surface area (TPSA) is 67.4 Å². The van der Waals surface area contributed by atoms with Crippen LogP contribution in [0.15, 0.2) is 30.3 Å². The Morgan fingerprint density at radius 2 is 1.91 bits per heavy atom. The summed E-state index contributed by atoms with van der Waals surface area (Å²) < 4.78 is 41.1. The van der Waals surface area contributed by atoms with Crippen LogP contribution in [0.3, 0.4) is 0 Å². The van der Waals surface area contributed by atoms with Crippen LogP contribution in [0, 0.1) is 5.41 Å². The number of carbonyl (C=O) groups excluding carboxylic acids is 2. The molecule has 1 aromatic carbocycles. The molecular weight excluding hydrogens is 313 g/mol. The second-order valence-corrected chi connectivity index (χ2v) is 5.95. The molecule has 23 heavy (non-hydrogen) atoms. The average Bonchev–Trinajstić information content (AvgIpc) is 2.95. The van der Waals surface area contributed by atoms with E-state index in [1.807, 2.05) is 6.07 Å². The summed E-state index contributed by atoms with van der Waals surface area (Å²) in [4.78, 5) is 23.0. The van der Waals surface area contributed by atoms with Gasteiger partial charge in [-0.3, -0.25) is 4.79 Å². The Balaban J connectivity index is 1.53. The Morgan fingerprint density at radius 3 is 2.57 bits per heavy atom. The Kier molecular flexibility index (Phi) is 3.79. The molecule has 2 N–H and O–H groups in total. The lowest BCUT2D eigenvalue weighted by atomic mass is 10.0. The number of ether oxygens (including phenoxy) is 1. The van der Waals surface area contributed by atoms with Gasteiger partial charge in [0.1, 0.15) is 6.10 Å².